The summed E-state index contributed by atoms with van der Waals surface area (Å²) in [6, 6.07) is 14.8. The number of carbonyl (C=O) groups is 2. The van der Waals surface area contributed by atoms with Crippen LogP contribution in [-0.4, -0.2) is 74.2 Å². The molecule has 2 aromatic rings. The van der Waals surface area contributed by atoms with E-state index in [-0.39, 0.29) is 25.0 Å². The zero-order valence-corrected chi connectivity index (χ0v) is 18.8. The van der Waals surface area contributed by atoms with E-state index in [2.05, 4.69) is 4.90 Å². The van der Waals surface area contributed by atoms with Crippen LogP contribution in [0.1, 0.15) is 12.0 Å². The Morgan fingerprint density at radius 1 is 1.06 bits per heavy atom. The van der Waals surface area contributed by atoms with Crippen LogP contribution >= 0.6 is 11.6 Å². The first-order valence-corrected chi connectivity index (χ1v) is 11.3. The van der Waals surface area contributed by atoms with Crippen LogP contribution in [0.5, 0.6) is 5.75 Å². The summed E-state index contributed by atoms with van der Waals surface area (Å²) in [6.45, 7) is 5.13. The molecule has 0 aromatic heterocycles. The van der Waals surface area contributed by atoms with Gasteiger partial charge in [0.1, 0.15) is 12.3 Å². The van der Waals surface area contributed by atoms with E-state index in [0.717, 1.165) is 44.8 Å². The highest BCUT2D eigenvalue weighted by Crippen LogP contribution is 2.31. The van der Waals surface area contributed by atoms with Crippen LogP contribution in [0, 0.1) is 0 Å². The van der Waals surface area contributed by atoms with E-state index in [1.54, 1.807) is 11.0 Å². The molecule has 2 aliphatic heterocycles. The first kappa shape index (κ1) is 22.6. The monoisotopic (exact) mass is 457 g/mol. The Morgan fingerprint density at radius 3 is 2.62 bits per heavy atom. The molecule has 2 aromatic carbocycles. The number of fused-ring (bicyclic) bond motifs is 1. The van der Waals surface area contributed by atoms with Crippen molar-refractivity contribution in [1.29, 1.82) is 0 Å². The fraction of sp³-hybridized carbons (Fsp3) is 0.417. The molecule has 0 N–H and O–H groups in total. The van der Waals surface area contributed by atoms with Gasteiger partial charge >= 0.3 is 0 Å². The Hall–Kier alpha value is -2.61. The highest BCUT2D eigenvalue weighted by Gasteiger charge is 2.29. The van der Waals surface area contributed by atoms with Gasteiger partial charge in [0.25, 0.3) is 5.91 Å². The summed E-state index contributed by atoms with van der Waals surface area (Å²) in [6.07, 6.45) is 0.837. The maximum Gasteiger partial charge on any atom is 0.265 e. The molecule has 2 heterocycles. The summed E-state index contributed by atoms with van der Waals surface area (Å²) in [5.74, 6) is 0.282. The number of ether oxygens (including phenoxy) is 2. The fourth-order valence-electron chi connectivity index (χ4n) is 4.00. The number of nitrogens with zero attached hydrogens (tertiary/aromatic N) is 3. The normalized spacial score (nSPS) is 16.4. The highest BCUT2D eigenvalue weighted by molar-refractivity contribution is 6.31. The quantitative estimate of drug-likeness (QED) is 0.610. The predicted molar refractivity (Wildman–Crippen MR) is 123 cm³/mol. The summed E-state index contributed by atoms with van der Waals surface area (Å²) in [7, 11) is 0. The maximum absolute atomic E-state index is 13.4. The van der Waals surface area contributed by atoms with Gasteiger partial charge in [-0.25, -0.2) is 0 Å². The Morgan fingerprint density at radius 2 is 1.81 bits per heavy atom. The number of hydrogen-bond donors (Lipinski definition) is 0. The summed E-state index contributed by atoms with van der Waals surface area (Å²) in [5.41, 5.74) is 1.52. The molecule has 170 valence electrons. The van der Waals surface area contributed by atoms with Gasteiger partial charge in [-0.3, -0.25) is 19.4 Å². The third-order valence-corrected chi connectivity index (χ3v) is 6.15. The molecule has 0 saturated carbocycles. The number of hydrogen-bond acceptors (Lipinski definition) is 5. The second-order valence-corrected chi connectivity index (χ2v) is 8.36. The fourth-order valence-corrected chi connectivity index (χ4v) is 4.19. The largest absolute Gasteiger partial charge is 0.482 e. The van der Waals surface area contributed by atoms with Crippen LogP contribution in [0.3, 0.4) is 0 Å². The van der Waals surface area contributed by atoms with Gasteiger partial charge in [-0.1, -0.05) is 41.9 Å². The van der Waals surface area contributed by atoms with Gasteiger partial charge in [-0.15, -0.1) is 0 Å². The molecule has 0 atom stereocenters. The third-order valence-electron chi connectivity index (χ3n) is 5.78. The number of morpholine rings is 1. The second kappa shape index (κ2) is 10.8. The van der Waals surface area contributed by atoms with Crippen molar-refractivity contribution >= 4 is 29.1 Å². The lowest BCUT2D eigenvalue weighted by molar-refractivity contribution is -0.132. The molecule has 7 nitrogen and oxygen atoms in total. The standard InChI is InChI=1S/C24H28ClN3O4/c25-20-7-2-1-6-19(20)16-27(11-5-10-26-12-14-31-15-13-26)23(29)17-28-21-8-3-4-9-22(21)32-18-24(28)30/h1-4,6-9H,5,10-18H2. The molecule has 0 spiro atoms. The average molecular weight is 458 g/mol. The number of para-hydroxylation sites is 2. The molecule has 8 heteroatoms. The minimum Gasteiger partial charge on any atom is -0.482 e. The van der Waals surface area contributed by atoms with Crippen molar-refractivity contribution in [2.45, 2.75) is 13.0 Å². The Kier molecular flexibility index (Phi) is 7.63. The second-order valence-electron chi connectivity index (χ2n) is 7.95. The van der Waals surface area contributed by atoms with Crippen LogP contribution < -0.4 is 9.64 Å². The summed E-state index contributed by atoms with van der Waals surface area (Å²) in [4.78, 5) is 31.6. The lowest BCUT2D eigenvalue weighted by atomic mass is 10.2. The number of halogens is 1. The van der Waals surface area contributed by atoms with Crippen molar-refractivity contribution in [1.82, 2.24) is 9.80 Å². The van der Waals surface area contributed by atoms with E-state index in [1.165, 1.54) is 4.90 Å². The summed E-state index contributed by atoms with van der Waals surface area (Å²) < 4.78 is 10.9. The van der Waals surface area contributed by atoms with Crippen LogP contribution in [0.25, 0.3) is 0 Å². The predicted octanol–water partition coefficient (Wildman–Crippen LogP) is 2.82. The van der Waals surface area contributed by atoms with Crippen LogP contribution in [0.15, 0.2) is 48.5 Å². The molecule has 0 bridgehead atoms. The molecule has 1 saturated heterocycles. The molecule has 2 amide bonds. The first-order valence-electron chi connectivity index (χ1n) is 11.0. The highest BCUT2D eigenvalue weighted by atomic mass is 35.5. The van der Waals surface area contributed by atoms with Gasteiger partial charge in [-0.2, -0.15) is 0 Å². The molecule has 32 heavy (non-hydrogen) atoms. The van der Waals surface area contributed by atoms with E-state index in [4.69, 9.17) is 21.1 Å². The van der Waals surface area contributed by atoms with E-state index in [1.807, 2.05) is 42.5 Å². The number of amides is 2. The number of carbonyl (C=O) groups excluding carboxylic acids is 2. The Bertz CT molecular complexity index is 948. The van der Waals surface area contributed by atoms with Gasteiger partial charge in [0, 0.05) is 37.7 Å². The molecule has 0 unspecified atom stereocenters. The smallest absolute Gasteiger partial charge is 0.265 e. The van der Waals surface area contributed by atoms with E-state index >= 15 is 0 Å². The maximum atomic E-state index is 13.4. The van der Waals surface area contributed by atoms with Gasteiger partial charge in [0.05, 0.1) is 18.9 Å². The third kappa shape index (κ3) is 5.59. The number of rotatable bonds is 8. The summed E-state index contributed by atoms with van der Waals surface area (Å²) >= 11 is 6.37. The molecule has 0 radical (unpaired) electrons. The van der Waals surface area contributed by atoms with Crippen molar-refractivity contribution in [3.05, 3.63) is 59.1 Å². The lowest BCUT2D eigenvalue weighted by Crippen LogP contribution is -2.47. The molecule has 4 rings (SSSR count). The van der Waals surface area contributed by atoms with Crippen molar-refractivity contribution < 1.29 is 19.1 Å². The zero-order chi connectivity index (χ0) is 22.3. The van der Waals surface area contributed by atoms with Gasteiger partial charge < -0.3 is 14.4 Å². The Balaban J connectivity index is 1.46. The van der Waals surface area contributed by atoms with Crippen LogP contribution in [0.2, 0.25) is 5.02 Å². The Labute approximate surface area is 193 Å². The summed E-state index contributed by atoms with van der Waals surface area (Å²) in [5, 5.41) is 0.631. The van der Waals surface area contributed by atoms with Crippen molar-refractivity contribution in [2.75, 3.05) is 57.4 Å². The van der Waals surface area contributed by atoms with Gasteiger partial charge in [0.2, 0.25) is 5.91 Å². The first-order chi connectivity index (χ1) is 15.6. The van der Waals surface area contributed by atoms with Crippen molar-refractivity contribution in [2.24, 2.45) is 0 Å². The van der Waals surface area contributed by atoms with E-state index < -0.39 is 0 Å². The molecule has 2 aliphatic rings. The number of benzene rings is 2. The van der Waals surface area contributed by atoms with E-state index in [9.17, 15) is 9.59 Å². The zero-order valence-electron chi connectivity index (χ0n) is 18.0. The van der Waals surface area contributed by atoms with Crippen LogP contribution in [-0.2, 0) is 20.9 Å². The topological polar surface area (TPSA) is 62.3 Å². The minimum atomic E-state index is -0.219. The molecule has 1 fully saturated rings. The molecular formula is C24H28ClN3O4. The van der Waals surface area contributed by atoms with Crippen molar-refractivity contribution in [3.63, 3.8) is 0 Å². The lowest BCUT2D eigenvalue weighted by Gasteiger charge is -2.32. The van der Waals surface area contributed by atoms with E-state index in [0.29, 0.717) is 29.5 Å². The SMILES string of the molecule is O=C(CN1C(=O)COc2ccccc21)N(CCCN1CCOCC1)Cc1ccccc1Cl. The molecular weight excluding hydrogens is 430 g/mol. The van der Waals surface area contributed by atoms with Crippen LogP contribution in [0.4, 0.5) is 5.69 Å². The average Bonchev–Trinajstić information content (AvgIpc) is 2.82. The minimum absolute atomic E-state index is 0.0266. The van der Waals surface area contributed by atoms with Gasteiger partial charge in [-0.05, 0) is 30.2 Å². The molecule has 0 aliphatic carbocycles. The van der Waals surface area contributed by atoms with Crippen molar-refractivity contribution in [3.8, 4) is 5.75 Å². The van der Waals surface area contributed by atoms with Gasteiger partial charge in [0.15, 0.2) is 6.61 Å². The number of anilines is 1.